The van der Waals surface area contributed by atoms with Gasteiger partial charge in [0.25, 0.3) is 5.91 Å². The Hall–Kier alpha value is -2.66. The van der Waals surface area contributed by atoms with E-state index >= 15 is 0 Å². The monoisotopic (exact) mass is 298 g/mol. The second-order valence-corrected chi connectivity index (χ2v) is 4.71. The molecule has 2 heterocycles. The van der Waals surface area contributed by atoms with E-state index in [0.717, 1.165) is 5.69 Å². The van der Waals surface area contributed by atoms with E-state index < -0.39 is 0 Å². The summed E-state index contributed by atoms with van der Waals surface area (Å²) in [5.41, 5.74) is 1.80. The number of amides is 1. The number of nitrogens with one attached hydrogen (secondary N) is 1. The maximum atomic E-state index is 12.1. The predicted octanol–water partition coefficient (Wildman–Crippen LogP) is 3.17. The highest BCUT2D eigenvalue weighted by Gasteiger charge is 2.09. The number of benzene rings is 1. The first kappa shape index (κ1) is 13.3. The van der Waals surface area contributed by atoms with Crippen LogP contribution in [0.3, 0.4) is 0 Å². The van der Waals surface area contributed by atoms with Gasteiger partial charge >= 0.3 is 0 Å². The fourth-order valence-corrected chi connectivity index (χ4v) is 2.05. The van der Waals surface area contributed by atoms with Crippen LogP contribution >= 0.6 is 11.6 Å². The zero-order valence-corrected chi connectivity index (χ0v) is 11.7. The van der Waals surface area contributed by atoms with Crippen molar-refractivity contribution in [2.24, 2.45) is 0 Å². The lowest BCUT2D eigenvalue weighted by atomic mass is 10.2. The molecule has 21 heavy (non-hydrogen) atoms. The molecule has 0 atom stereocenters. The standard InChI is InChI=1S/C15H11ClN4O/c16-14-10-17-9-13(19-14)15(21)18-11-4-3-5-12(8-11)20-6-1-2-7-20/h1-10H,(H,18,21). The second kappa shape index (κ2) is 5.76. The van der Waals surface area contributed by atoms with Crippen molar-refractivity contribution in [1.82, 2.24) is 14.5 Å². The van der Waals surface area contributed by atoms with Crippen LogP contribution in [0.2, 0.25) is 5.15 Å². The van der Waals surface area contributed by atoms with Crippen LogP contribution in [0.15, 0.2) is 61.2 Å². The Morgan fingerprint density at radius 2 is 1.95 bits per heavy atom. The average molecular weight is 299 g/mol. The van der Waals surface area contributed by atoms with Crippen molar-refractivity contribution >= 4 is 23.2 Å². The van der Waals surface area contributed by atoms with Crippen LogP contribution in [-0.2, 0) is 0 Å². The molecule has 5 nitrogen and oxygen atoms in total. The van der Waals surface area contributed by atoms with Crippen LogP contribution < -0.4 is 5.32 Å². The molecular formula is C15H11ClN4O. The van der Waals surface area contributed by atoms with E-state index in [0.29, 0.717) is 5.69 Å². The van der Waals surface area contributed by atoms with E-state index in [2.05, 4.69) is 15.3 Å². The van der Waals surface area contributed by atoms with Crippen molar-refractivity contribution in [2.75, 3.05) is 5.32 Å². The Bertz CT molecular complexity index is 771. The Kier molecular flexibility index (Phi) is 3.66. The van der Waals surface area contributed by atoms with Crippen molar-refractivity contribution in [3.05, 3.63) is 72.0 Å². The summed E-state index contributed by atoms with van der Waals surface area (Å²) in [4.78, 5) is 19.9. The Labute approximate surface area is 126 Å². The molecule has 0 unspecified atom stereocenters. The highest BCUT2D eigenvalue weighted by molar-refractivity contribution is 6.29. The third-order valence-corrected chi connectivity index (χ3v) is 3.03. The maximum Gasteiger partial charge on any atom is 0.275 e. The van der Waals surface area contributed by atoms with Crippen molar-refractivity contribution in [3.8, 4) is 5.69 Å². The number of hydrogen-bond acceptors (Lipinski definition) is 3. The lowest BCUT2D eigenvalue weighted by Gasteiger charge is -2.08. The molecular weight excluding hydrogens is 288 g/mol. The van der Waals surface area contributed by atoms with Gasteiger partial charge in [0.1, 0.15) is 10.8 Å². The third kappa shape index (κ3) is 3.09. The average Bonchev–Trinajstić information content (AvgIpc) is 3.02. The van der Waals surface area contributed by atoms with Crippen molar-refractivity contribution in [3.63, 3.8) is 0 Å². The predicted molar refractivity (Wildman–Crippen MR) is 80.8 cm³/mol. The van der Waals surface area contributed by atoms with E-state index in [4.69, 9.17) is 11.6 Å². The van der Waals surface area contributed by atoms with Gasteiger partial charge in [-0.3, -0.25) is 9.78 Å². The molecule has 3 rings (SSSR count). The van der Waals surface area contributed by atoms with Crippen LogP contribution in [0.5, 0.6) is 0 Å². The number of nitrogens with zero attached hydrogens (tertiary/aromatic N) is 3. The van der Waals surface area contributed by atoms with Crippen molar-refractivity contribution < 1.29 is 4.79 Å². The molecule has 1 aromatic carbocycles. The lowest BCUT2D eigenvalue weighted by Crippen LogP contribution is -2.14. The van der Waals surface area contributed by atoms with E-state index in [1.165, 1.54) is 12.4 Å². The molecule has 0 saturated heterocycles. The Morgan fingerprint density at radius 1 is 1.14 bits per heavy atom. The molecule has 3 aromatic rings. The second-order valence-electron chi connectivity index (χ2n) is 4.32. The normalized spacial score (nSPS) is 10.3. The minimum atomic E-state index is -0.352. The fraction of sp³-hybridized carbons (Fsp3) is 0. The molecule has 2 aromatic heterocycles. The summed E-state index contributed by atoms with van der Waals surface area (Å²) in [5.74, 6) is -0.352. The first-order valence-corrected chi connectivity index (χ1v) is 6.62. The summed E-state index contributed by atoms with van der Waals surface area (Å²) in [6, 6.07) is 11.4. The van der Waals surface area contributed by atoms with Gasteiger partial charge in [-0.2, -0.15) is 0 Å². The van der Waals surface area contributed by atoms with Gasteiger partial charge in [0.15, 0.2) is 0 Å². The summed E-state index contributed by atoms with van der Waals surface area (Å²) in [7, 11) is 0. The maximum absolute atomic E-state index is 12.1. The zero-order valence-electron chi connectivity index (χ0n) is 10.9. The molecule has 1 N–H and O–H groups in total. The molecule has 0 aliphatic rings. The number of halogens is 1. The first-order valence-electron chi connectivity index (χ1n) is 6.25. The molecule has 104 valence electrons. The third-order valence-electron chi connectivity index (χ3n) is 2.84. The van der Waals surface area contributed by atoms with E-state index in [-0.39, 0.29) is 16.8 Å². The molecule has 0 spiro atoms. The van der Waals surface area contributed by atoms with Crippen LogP contribution in [0.25, 0.3) is 5.69 Å². The quantitative estimate of drug-likeness (QED) is 0.808. The van der Waals surface area contributed by atoms with Crippen molar-refractivity contribution in [1.29, 1.82) is 0 Å². The Morgan fingerprint density at radius 3 is 2.71 bits per heavy atom. The Balaban J connectivity index is 1.82. The number of anilines is 1. The van der Waals surface area contributed by atoms with Gasteiger partial charge in [-0.1, -0.05) is 17.7 Å². The number of aromatic nitrogens is 3. The molecule has 6 heteroatoms. The topological polar surface area (TPSA) is 59.8 Å². The lowest BCUT2D eigenvalue weighted by molar-refractivity contribution is 0.102. The summed E-state index contributed by atoms with van der Waals surface area (Å²) in [6.45, 7) is 0. The molecule has 0 saturated carbocycles. The number of rotatable bonds is 3. The zero-order chi connectivity index (χ0) is 14.7. The molecule has 0 bridgehead atoms. The number of carbonyl (C=O) groups excluding carboxylic acids is 1. The molecule has 0 fully saturated rings. The summed E-state index contributed by atoms with van der Waals surface area (Å²) in [5, 5.41) is 2.96. The molecule has 0 aliphatic heterocycles. The minimum Gasteiger partial charge on any atom is -0.324 e. The largest absolute Gasteiger partial charge is 0.324 e. The molecule has 0 aliphatic carbocycles. The number of hydrogen-bond donors (Lipinski definition) is 1. The van der Waals surface area contributed by atoms with Gasteiger partial charge in [-0.05, 0) is 30.3 Å². The summed E-state index contributed by atoms with van der Waals surface area (Å²) in [6.07, 6.45) is 6.62. The van der Waals surface area contributed by atoms with Crippen LogP contribution in [0.4, 0.5) is 5.69 Å². The van der Waals surface area contributed by atoms with Crippen LogP contribution in [-0.4, -0.2) is 20.4 Å². The van der Waals surface area contributed by atoms with Crippen molar-refractivity contribution in [2.45, 2.75) is 0 Å². The van der Waals surface area contributed by atoms with Gasteiger partial charge in [-0.15, -0.1) is 0 Å². The van der Waals surface area contributed by atoms with E-state index in [9.17, 15) is 4.79 Å². The van der Waals surface area contributed by atoms with Gasteiger partial charge in [0.05, 0.1) is 12.4 Å². The van der Waals surface area contributed by atoms with Crippen LogP contribution in [0, 0.1) is 0 Å². The van der Waals surface area contributed by atoms with Crippen LogP contribution in [0.1, 0.15) is 10.5 Å². The molecule has 0 radical (unpaired) electrons. The van der Waals surface area contributed by atoms with Gasteiger partial charge in [-0.25, -0.2) is 4.98 Å². The summed E-state index contributed by atoms with van der Waals surface area (Å²) < 4.78 is 1.95. The minimum absolute atomic E-state index is 0.175. The molecule has 1 amide bonds. The summed E-state index contributed by atoms with van der Waals surface area (Å²) >= 11 is 5.73. The van der Waals surface area contributed by atoms with Gasteiger partial charge in [0, 0.05) is 23.8 Å². The first-order chi connectivity index (χ1) is 10.2. The van der Waals surface area contributed by atoms with E-state index in [1.54, 1.807) is 0 Å². The van der Waals surface area contributed by atoms with E-state index in [1.807, 2.05) is 53.4 Å². The smallest absolute Gasteiger partial charge is 0.275 e. The highest BCUT2D eigenvalue weighted by Crippen LogP contribution is 2.15. The number of carbonyl (C=O) groups is 1. The van der Waals surface area contributed by atoms with Gasteiger partial charge in [0.2, 0.25) is 0 Å². The SMILES string of the molecule is O=C(Nc1cccc(-n2cccc2)c1)c1cncc(Cl)n1. The fourth-order valence-electron chi connectivity index (χ4n) is 1.90. The van der Waals surface area contributed by atoms with Gasteiger partial charge < -0.3 is 9.88 Å². The highest BCUT2D eigenvalue weighted by atomic mass is 35.5.